The van der Waals surface area contributed by atoms with Gasteiger partial charge in [0.2, 0.25) is 11.8 Å². The van der Waals surface area contributed by atoms with Crippen LogP contribution in [0.1, 0.15) is 42.4 Å². The fourth-order valence-corrected chi connectivity index (χ4v) is 4.24. The van der Waals surface area contributed by atoms with Gasteiger partial charge in [-0.15, -0.1) is 0 Å². The summed E-state index contributed by atoms with van der Waals surface area (Å²) in [6.45, 7) is 3.06. The normalized spacial score (nSPS) is 12.8. The third-order valence-corrected chi connectivity index (χ3v) is 6.43. The molecule has 0 bridgehead atoms. The molecule has 40 heavy (non-hydrogen) atoms. The first-order valence-corrected chi connectivity index (χ1v) is 14.7. The van der Waals surface area contributed by atoms with Gasteiger partial charge < -0.3 is 33.8 Å². The number of amides is 2. The minimum atomic E-state index is -2.90. The van der Waals surface area contributed by atoms with E-state index >= 15 is 0 Å². The van der Waals surface area contributed by atoms with E-state index < -0.39 is 8.25 Å². The molecule has 0 aliphatic carbocycles. The van der Waals surface area contributed by atoms with Crippen LogP contribution in [0.5, 0.6) is 0 Å². The molecule has 1 aliphatic heterocycles. The zero-order valence-corrected chi connectivity index (χ0v) is 23.6. The third-order valence-electron chi connectivity index (χ3n) is 5.98. The quantitative estimate of drug-likeness (QED) is 0.159. The van der Waals surface area contributed by atoms with Crippen molar-refractivity contribution in [3.05, 3.63) is 65.2 Å². The van der Waals surface area contributed by atoms with Crippen LogP contribution < -0.4 is 10.2 Å². The summed E-state index contributed by atoms with van der Waals surface area (Å²) in [4.78, 5) is 35.7. The summed E-state index contributed by atoms with van der Waals surface area (Å²) in [5, 5.41) is 2.83. The Hall–Kier alpha value is -3.03. The number of nitrogens with zero attached hydrogens (tertiary/aromatic N) is 1. The van der Waals surface area contributed by atoms with Gasteiger partial charge in [-0.2, -0.15) is 0 Å². The van der Waals surface area contributed by atoms with E-state index in [0.29, 0.717) is 71.8 Å². The zero-order valence-electron chi connectivity index (χ0n) is 22.6. The first kappa shape index (κ1) is 31.5. The summed E-state index contributed by atoms with van der Waals surface area (Å²) in [6, 6.07) is 15.6. The number of benzene rings is 2. The molecule has 0 saturated carbocycles. The maximum Gasteiger partial charge on any atom is 0.316 e. The monoisotopic (exact) mass is 572 g/mol. The number of anilines is 1. The molecule has 0 saturated heterocycles. The Morgan fingerprint density at radius 1 is 0.825 bits per heavy atom. The largest absolute Gasteiger partial charge is 0.377 e. The lowest BCUT2D eigenvalue weighted by molar-refractivity contribution is -0.122. The number of unbranched alkanes of at least 4 members (excludes halogenated alkanes) is 1. The van der Waals surface area contributed by atoms with Gasteiger partial charge in [0.15, 0.2) is 0 Å². The summed E-state index contributed by atoms with van der Waals surface area (Å²) >= 11 is 0. The molecule has 11 heteroatoms. The zero-order chi connectivity index (χ0) is 28.4. The van der Waals surface area contributed by atoms with Crippen LogP contribution in [-0.4, -0.2) is 69.5 Å². The van der Waals surface area contributed by atoms with E-state index in [-0.39, 0.29) is 25.0 Å². The van der Waals surface area contributed by atoms with E-state index in [0.717, 1.165) is 22.4 Å². The molecule has 1 aliphatic rings. The Morgan fingerprint density at radius 2 is 1.43 bits per heavy atom. The first-order chi connectivity index (χ1) is 19.5. The predicted molar refractivity (Wildman–Crippen MR) is 151 cm³/mol. The summed E-state index contributed by atoms with van der Waals surface area (Å²) in [5.74, 6) is 6.38. The Kier molecular flexibility index (Phi) is 14.4. The van der Waals surface area contributed by atoms with Crippen molar-refractivity contribution in [1.82, 2.24) is 5.32 Å². The maximum absolute atomic E-state index is 13.2. The molecule has 10 nitrogen and oxygen atoms in total. The second kappa shape index (κ2) is 18.3. The maximum atomic E-state index is 13.2. The summed E-state index contributed by atoms with van der Waals surface area (Å²) in [5.41, 5.74) is 3.59. The highest BCUT2D eigenvalue weighted by atomic mass is 31.1. The minimum Gasteiger partial charge on any atom is -0.377 e. The molecule has 0 radical (unpaired) electrons. The van der Waals surface area contributed by atoms with E-state index in [1.807, 2.05) is 48.5 Å². The molecule has 2 aromatic rings. The summed E-state index contributed by atoms with van der Waals surface area (Å²) < 4.78 is 30.8. The molecule has 1 unspecified atom stereocenters. The lowest BCUT2D eigenvalue weighted by Crippen LogP contribution is -2.31. The second-order valence-electron chi connectivity index (χ2n) is 8.91. The summed E-state index contributed by atoms with van der Waals surface area (Å²) in [7, 11) is -2.90. The predicted octanol–water partition coefficient (Wildman–Crippen LogP) is 3.06. The Balaban J connectivity index is 1.25. The molecule has 0 aromatic heterocycles. The lowest BCUT2D eigenvalue weighted by atomic mass is 10.0. The van der Waals surface area contributed by atoms with E-state index in [1.54, 1.807) is 4.90 Å². The Morgan fingerprint density at radius 3 is 2.17 bits per heavy atom. The van der Waals surface area contributed by atoms with Gasteiger partial charge in [-0.05, 0) is 36.6 Å². The number of carbonyl (C=O) groups excluding carboxylic acids is 2. The van der Waals surface area contributed by atoms with Crippen molar-refractivity contribution < 1.29 is 37.8 Å². The Labute approximate surface area is 235 Å². The van der Waals surface area contributed by atoms with Crippen molar-refractivity contribution in [1.29, 1.82) is 0 Å². The lowest BCUT2D eigenvalue weighted by Gasteiger charge is -2.26. The molecule has 1 heterocycles. The number of ether oxygens (including phenoxy) is 3. The van der Waals surface area contributed by atoms with Crippen molar-refractivity contribution >= 4 is 25.8 Å². The number of nitrogens with one attached hydrogen (secondary N) is 1. The van der Waals surface area contributed by atoms with E-state index in [2.05, 4.69) is 21.7 Å². The molecule has 0 fully saturated rings. The van der Waals surface area contributed by atoms with Crippen molar-refractivity contribution in [2.45, 2.75) is 32.2 Å². The van der Waals surface area contributed by atoms with Gasteiger partial charge in [0.05, 0.1) is 58.5 Å². The molecule has 0 spiro atoms. The van der Waals surface area contributed by atoms with Crippen LogP contribution in [-0.2, 0) is 39.4 Å². The highest BCUT2D eigenvalue weighted by Gasteiger charge is 2.20. The molecule has 2 N–H and O–H groups in total. The number of rotatable bonds is 18. The Bertz CT molecular complexity index is 1180. The topological polar surface area (TPSA) is 124 Å². The first-order valence-electron chi connectivity index (χ1n) is 13.4. The second-order valence-corrected chi connectivity index (χ2v) is 9.73. The molecule has 2 aromatic carbocycles. The number of carbonyl (C=O) groups is 2. The minimum absolute atomic E-state index is 0.0164. The average Bonchev–Trinajstić information content (AvgIpc) is 2.94. The summed E-state index contributed by atoms with van der Waals surface area (Å²) in [6.07, 6.45) is 1.93. The van der Waals surface area contributed by atoms with Crippen LogP contribution in [0.15, 0.2) is 48.5 Å². The van der Waals surface area contributed by atoms with Crippen molar-refractivity contribution in [3.8, 4) is 11.8 Å². The van der Waals surface area contributed by atoms with Gasteiger partial charge in [0, 0.05) is 30.5 Å². The smallest absolute Gasteiger partial charge is 0.316 e. The van der Waals surface area contributed by atoms with Crippen LogP contribution in [0.4, 0.5) is 5.69 Å². The molecule has 3 rings (SSSR count). The van der Waals surface area contributed by atoms with Crippen LogP contribution in [0.2, 0.25) is 0 Å². The molecule has 2 amide bonds. The fourth-order valence-electron chi connectivity index (χ4n) is 3.99. The standard InChI is InChI=1S/C29H37N2O8P/c32-28(30-15-16-36-17-18-37-19-20-38-21-22-39-40(34)35)11-5-6-12-29(33)31-23-26-9-2-1-7-24(26)13-14-25-8-3-4-10-27(25)31/h1-4,7-10,40H,5-6,11-12,15-23H2,(H,30,32)(H,34,35). The van der Waals surface area contributed by atoms with Gasteiger partial charge in [-0.1, -0.05) is 42.2 Å². The fraction of sp³-hybridized carbons (Fsp3) is 0.448. The third kappa shape index (κ3) is 11.6. The van der Waals surface area contributed by atoms with Crippen LogP contribution in [0.3, 0.4) is 0 Å². The number of hydrogen-bond donors (Lipinski definition) is 2. The van der Waals surface area contributed by atoms with E-state index in [1.165, 1.54) is 0 Å². The highest BCUT2D eigenvalue weighted by molar-refractivity contribution is 7.32. The van der Waals surface area contributed by atoms with Crippen molar-refractivity contribution in [3.63, 3.8) is 0 Å². The molecular formula is C29H37N2O8P. The van der Waals surface area contributed by atoms with Crippen LogP contribution in [0, 0.1) is 11.8 Å². The SMILES string of the molecule is O=C(CCCCC(=O)N1Cc2ccccc2C#Cc2ccccc21)NCCOCCOCCOCCO[PH](=O)O. The van der Waals surface area contributed by atoms with Gasteiger partial charge in [0.1, 0.15) is 0 Å². The van der Waals surface area contributed by atoms with Gasteiger partial charge >= 0.3 is 8.25 Å². The van der Waals surface area contributed by atoms with Gasteiger partial charge in [-0.3, -0.25) is 14.2 Å². The molecular weight excluding hydrogens is 535 g/mol. The van der Waals surface area contributed by atoms with Crippen LogP contribution >= 0.6 is 8.25 Å². The number of hydrogen-bond acceptors (Lipinski definition) is 7. The van der Waals surface area contributed by atoms with E-state index in [4.69, 9.17) is 19.1 Å². The number of fused-ring (bicyclic) bond motifs is 2. The van der Waals surface area contributed by atoms with E-state index in [9.17, 15) is 14.2 Å². The number of para-hydroxylation sites is 1. The molecule has 1 atom stereocenters. The van der Waals surface area contributed by atoms with Gasteiger partial charge in [-0.25, -0.2) is 0 Å². The van der Waals surface area contributed by atoms with Crippen LogP contribution in [0.25, 0.3) is 0 Å². The van der Waals surface area contributed by atoms with Crippen molar-refractivity contribution in [2.75, 3.05) is 57.7 Å². The van der Waals surface area contributed by atoms with Crippen molar-refractivity contribution in [2.24, 2.45) is 0 Å². The van der Waals surface area contributed by atoms with Gasteiger partial charge in [0.25, 0.3) is 0 Å². The average molecular weight is 573 g/mol. The molecule has 216 valence electrons. The highest BCUT2D eigenvalue weighted by Crippen LogP contribution is 2.26.